The normalized spacial score (nSPS) is 11.6. The van der Waals surface area contributed by atoms with Crippen LogP contribution in [0.4, 0.5) is 18.9 Å². The summed E-state index contributed by atoms with van der Waals surface area (Å²) in [5.74, 6) is -0.784. The second-order valence-electron chi connectivity index (χ2n) is 6.19. The number of nitrogens with zero attached hydrogens (tertiary/aromatic N) is 2. The molecule has 1 aromatic heterocycles. The Hall–Kier alpha value is -2.94. The number of rotatable bonds is 6. The van der Waals surface area contributed by atoms with Crippen molar-refractivity contribution in [3.63, 3.8) is 0 Å². The molecule has 0 saturated heterocycles. The quantitative estimate of drug-likeness (QED) is 0.645. The van der Waals surface area contributed by atoms with Crippen LogP contribution in [0.3, 0.4) is 0 Å². The topological polar surface area (TPSA) is 65.3 Å². The number of aryl methyl sites for hydroxylation is 1. The van der Waals surface area contributed by atoms with Crippen LogP contribution in [-0.2, 0) is 17.9 Å². The second kappa shape index (κ2) is 8.20. The highest BCUT2D eigenvalue weighted by Crippen LogP contribution is 2.29. The lowest BCUT2D eigenvalue weighted by atomic mass is 10.3. The Morgan fingerprint density at radius 1 is 1.14 bits per heavy atom. The third-order valence-corrected chi connectivity index (χ3v) is 4.39. The molecule has 1 heterocycles. The van der Waals surface area contributed by atoms with E-state index in [-0.39, 0.29) is 28.7 Å². The highest BCUT2D eigenvalue weighted by Gasteiger charge is 2.29. The van der Waals surface area contributed by atoms with Crippen molar-refractivity contribution in [3.05, 3.63) is 58.0 Å². The van der Waals surface area contributed by atoms with E-state index in [9.17, 15) is 22.8 Å². The number of hydrogen-bond donors (Lipinski definition) is 1. The molecule has 29 heavy (non-hydrogen) atoms. The molecule has 154 valence electrons. The first kappa shape index (κ1) is 20.8. The predicted octanol–water partition coefficient (Wildman–Crippen LogP) is 4.06. The number of amides is 1. The van der Waals surface area contributed by atoms with Gasteiger partial charge in [-0.2, -0.15) is 13.2 Å². The van der Waals surface area contributed by atoms with Gasteiger partial charge in [-0.05, 0) is 37.3 Å². The average molecular weight is 428 g/mol. The van der Waals surface area contributed by atoms with E-state index in [0.29, 0.717) is 17.6 Å². The molecule has 3 rings (SSSR count). The molecule has 0 aliphatic heterocycles. The van der Waals surface area contributed by atoms with Crippen LogP contribution in [0.5, 0.6) is 5.75 Å². The summed E-state index contributed by atoms with van der Waals surface area (Å²) in [6.45, 7) is 0.407. The third-order valence-electron chi connectivity index (χ3n) is 4.15. The zero-order valence-electron chi connectivity index (χ0n) is 15.3. The Bertz CT molecular complexity index is 1110. The van der Waals surface area contributed by atoms with Gasteiger partial charge in [0.1, 0.15) is 12.3 Å². The Balaban J connectivity index is 1.85. The summed E-state index contributed by atoms with van der Waals surface area (Å²) in [4.78, 5) is 25.2. The van der Waals surface area contributed by atoms with Gasteiger partial charge >= 0.3 is 11.9 Å². The lowest BCUT2D eigenvalue weighted by Gasteiger charge is -2.14. The number of aromatic nitrogens is 2. The molecule has 1 amide bonds. The minimum absolute atomic E-state index is 0.0148. The summed E-state index contributed by atoms with van der Waals surface area (Å²) in [6, 6.07) is 10.9. The Morgan fingerprint density at radius 2 is 1.79 bits per heavy atom. The van der Waals surface area contributed by atoms with Gasteiger partial charge in [0.25, 0.3) is 0 Å². The Morgan fingerprint density at radius 3 is 2.41 bits per heavy atom. The highest BCUT2D eigenvalue weighted by atomic mass is 35.5. The van der Waals surface area contributed by atoms with Crippen LogP contribution in [0, 0.1) is 0 Å². The fourth-order valence-corrected chi connectivity index (χ4v) is 3.12. The summed E-state index contributed by atoms with van der Waals surface area (Å²) >= 11 is 5.89. The first-order chi connectivity index (χ1) is 13.7. The number of carbonyl (C=O) groups excluding carboxylic acids is 1. The zero-order chi connectivity index (χ0) is 21.2. The van der Waals surface area contributed by atoms with E-state index >= 15 is 0 Å². The van der Waals surface area contributed by atoms with Crippen molar-refractivity contribution in [3.8, 4) is 5.75 Å². The molecule has 10 heteroatoms. The molecule has 0 aliphatic rings. The zero-order valence-corrected chi connectivity index (χ0v) is 16.0. The number of halogens is 4. The second-order valence-corrected chi connectivity index (χ2v) is 6.63. The number of para-hydroxylation sites is 2. The summed E-state index contributed by atoms with van der Waals surface area (Å²) < 4.78 is 44.9. The van der Waals surface area contributed by atoms with Crippen molar-refractivity contribution < 1.29 is 22.7 Å². The SMILES string of the molecule is CCn1c(=O)n(CC(=O)Nc2cc(Cl)ccc2OCC(F)(F)F)c2ccccc21. The standard InChI is InChI=1S/C19H17ClF3N3O3/c1-2-25-14-5-3-4-6-15(14)26(18(25)28)10-17(27)24-13-9-12(20)7-8-16(13)29-11-19(21,22)23/h3-9H,2,10-11H2,1H3,(H,24,27). The maximum absolute atomic E-state index is 12.6. The van der Waals surface area contributed by atoms with Gasteiger partial charge in [-0.3, -0.25) is 13.9 Å². The minimum Gasteiger partial charge on any atom is -0.482 e. The molecule has 0 bridgehead atoms. The molecule has 0 fully saturated rings. The summed E-state index contributed by atoms with van der Waals surface area (Å²) in [6.07, 6.45) is -4.53. The Kier molecular flexibility index (Phi) is 5.88. The first-order valence-corrected chi connectivity index (χ1v) is 9.04. The molecule has 0 spiro atoms. The van der Waals surface area contributed by atoms with E-state index in [1.807, 2.05) is 6.92 Å². The number of ether oxygens (including phenoxy) is 1. The van der Waals surface area contributed by atoms with Gasteiger partial charge in [0.05, 0.1) is 16.7 Å². The van der Waals surface area contributed by atoms with Crippen LogP contribution in [-0.4, -0.2) is 27.8 Å². The van der Waals surface area contributed by atoms with Crippen LogP contribution >= 0.6 is 11.6 Å². The third kappa shape index (κ3) is 4.73. The van der Waals surface area contributed by atoms with Crippen molar-refractivity contribution in [2.45, 2.75) is 26.2 Å². The van der Waals surface area contributed by atoms with Crippen molar-refractivity contribution in [1.29, 1.82) is 0 Å². The molecule has 6 nitrogen and oxygen atoms in total. The lowest BCUT2D eigenvalue weighted by Crippen LogP contribution is -2.29. The van der Waals surface area contributed by atoms with Gasteiger partial charge in [0.2, 0.25) is 5.91 Å². The fraction of sp³-hybridized carbons (Fsp3) is 0.263. The van der Waals surface area contributed by atoms with Crippen molar-refractivity contribution in [2.24, 2.45) is 0 Å². The van der Waals surface area contributed by atoms with E-state index in [4.69, 9.17) is 16.3 Å². The molecular formula is C19H17ClF3N3O3. The van der Waals surface area contributed by atoms with E-state index in [1.54, 1.807) is 24.3 Å². The van der Waals surface area contributed by atoms with Crippen LogP contribution in [0.1, 0.15) is 6.92 Å². The number of nitrogens with one attached hydrogen (secondary N) is 1. The van der Waals surface area contributed by atoms with E-state index < -0.39 is 18.7 Å². The van der Waals surface area contributed by atoms with Crippen LogP contribution in [0.25, 0.3) is 11.0 Å². The summed E-state index contributed by atoms with van der Waals surface area (Å²) in [7, 11) is 0. The number of imidazole rings is 1. The van der Waals surface area contributed by atoms with Gasteiger partial charge in [-0.25, -0.2) is 4.79 Å². The van der Waals surface area contributed by atoms with Crippen LogP contribution in [0.2, 0.25) is 5.02 Å². The molecule has 0 saturated carbocycles. The van der Waals surface area contributed by atoms with E-state index in [0.717, 1.165) is 0 Å². The Labute approximate surface area is 168 Å². The highest BCUT2D eigenvalue weighted by molar-refractivity contribution is 6.31. The van der Waals surface area contributed by atoms with E-state index in [2.05, 4.69) is 5.32 Å². The van der Waals surface area contributed by atoms with Gasteiger partial charge < -0.3 is 10.1 Å². The lowest BCUT2D eigenvalue weighted by molar-refractivity contribution is -0.153. The van der Waals surface area contributed by atoms with Crippen LogP contribution in [0.15, 0.2) is 47.3 Å². The molecule has 0 radical (unpaired) electrons. The molecular weight excluding hydrogens is 411 g/mol. The first-order valence-electron chi connectivity index (χ1n) is 8.66. The van der Waals surface area contributed by atoms with Gasteiger partial charge in [0.15, 0.2) is 6.61 Å². The minimum atomic E-state index is -4.53. The molecule has 0 aliphatic carbocycles. The predicted molar refractivity (Wildman–Crippen MR) is 104 cm³/mol. The maximum atomic E-state index is 12.6. The number of alkyl halides is 3. The number of carbonyl (C=O) groups is 1. The molecule has 3 aromatic rings. The summed E-state index contributed by atoms with van der Waals surface area (Å²) in [5, 5.41) is 2.68. The monoisotopic (exact) mass is 427 g/mol. The van der Waals surface area contributed by atoms with Crippen molar-refractivity contribution >= 4 is 34.2 Å². The van der Waals surface area contributed by atoms with Gasteiger partial charge in [-0.1, -0.05) is 23.7 Å². The van der Waals surface area contributed by atoms with Gasteiger partial charge in [0, 0.05) is 11.6 Å². The number of fused-ring (bicyclic) bond motifs is 1. The number of anilines is 1. The van der Waals surface area contributed by atoms with Crippen molar-refractivity contribution in [2.75, 3.05) is 11.9 Å². The van der Waals surface area contributed by atoms with Gasteiger partial charge in [-0.15, -0.1) is 0 Å². The summed E-state index contributed by atoms with van der Waals surface area (Å²) in [5.41, 5.74) is 0.890. The number of benzene rings is 2. The molecule has 1 N–H and O–H groups in total. The average Bonchev–Trinajstić information content (AvgIpc) is 2.91. The number of hydrogen-bond acceptors (Lipinski definition) is 3. The smallest absolute Gasteiger partial charge is 0.422 e. The maximum Gasteiger partial charge on any atom is 0.422 e. The fourth-order valence-electron chi connectivity index (χ4n) is 2.95. The molecule has 2 aromatic carbocycles. The molecule has 0 atom stereocenters. The van der Waals surface area contributed by atoms with Crippen LogP contribution < -0.4 is 15.7 Å². The van der Waals surface area contributed by atoms with E-state index in [1.165, 1.54) is 27.3 Å². The van der Waals surface area contributed by atoms with Crippen molar-refractivity contribution in [1.82, 2.24) is 9.13 Å². The molecule has 0 unspecified atom stereocenters. The largest absolute Gasteiger partial charge is 0.482 e.